The minimum absolute atomic E-state index is 0.364. The van der Waals surface area contributed by atoms with E-state index in [1.54, 1.807) is 12.4 Å². The highest BCUT2D eigenvalue weighted by Gasteiger charge is 2.19. The van der Waals surface area contributed by atoms with Gasteiger partial charge in [-0.1, -0.05) is 0 Å². The first-order valence-corrected chi connectivity index (χ1v) is 8.87. The van der Waals surface area contributed by atoms with Crippen LogP contribution in [0.1, 0.15) is 18.9 Å². The van der Waals surface area contributed by atoms with Crippen molar-refractivity contribution in [3.05, 3.63) is 31.1 Å². The summed E-state index contributed by atoms with van der Waals surface area (Å²) in [7, 11) is 2.16. The Hall–Kier alpha value is -3.27. The van der Waals surface area contributed by atoms with Gasteiger partial charge < -0.3 is 14.6 Å². The van der Waals surface area contributed by atoms with Gasteiger partial charge in [0.25, 0.3) is 5.89 Å². The number of rotatable bonds is 4. The number of likely N-dealkylation sites (tertiary alicyclic amines) is 1. The fourth-order valence-corrected chi connectivity index (χ4v) is 3.36. The van der Waals surface area contributed by atoms with Gasteiger partial charge in [-0.05, 0) is 33.0 Å². The quantitative estimate of drug-likeness (QED) is 0.566. The summed E-state index contributed by atoms with van der Waals surface area (Å²) in [6.07, 6.45) is 10.7. The summed E-state index contributed by atoms with van der Waals surface area (Å²) in [5, 5.41) is 14.9. The molecule has 0 aromatic carbocycles. The summed E-state index contributed by atoms with van der Waals surface area (Å²) < 4.78 is 7.36. The van der Waals surface area contributed by atoms with E-state index in [1.807, 2.05) is 17.1 Å². The summed E-state index contributed by atoms with van der Waals surface area (Å²) in [5.41, 5.74) is 2.27. The number of fused-ring (bicyclic) bond motifs is 1. The number of nitrogens with one attached hydrogen (secondary N) is 2. The minimum Gasteiger partial charge on any atom is -0.442 e. The highest BCUT2D eigenvalue weighted by atomic mass is 16.3. The fourth-order valence-electron chi connectivity index (χ4n) is 3.36. The van der Waals surface area contributed by atoms with Crippen LogP contribution in [0.2, 0.25) is 0 Å². The lowest BCUT2D eigenvalue weighted by molar-refractivity contribution is 0.212. The monoisotopic (exact) mass is 365 g/mol. The number of anilines is 2. The van der Waals surface area contributed by atoms with Gasteiger partial charge in [0, 0.05) is 6.20 Å². The summed E-state index contributed by atoms with van der Waals surface area (Å²) in [5.74, 6) is 1.37. The predicted molar refractivity (Wildman–Crippen MR) is 98.5 cm³/mol. The van der Waals surface area contributed by atoms with Crippen molar-refractivity contribution in [2.24, 2.45) is 0 Å². The molecule has 0 spiro atoms. The van der Waals surface area contributed by atoms with Crippen LogP contribution >= 0.6 is 0 Å². The molecule has 0 radical (unpaired) electrons. The molecule has 1 fully saturated rings. The van der Waals surface area contributed by atoms with Gasteiger partial charge in [-0.2, -0.15) is 10.2 Å². The zero-order valence-electron chi connectivity index (χ0n) is 14.8. The van der Waals surface area contributed by atoms with Crippen molar-refractivity contribution in [3.8, 4) is 11.7 Å². The van der Waals surface area contributed by atoms with E-state index in [2.05, 4.69) is 47.5 Å². The molecule has 5 rings (SSSR count). The lowest BCUT2D eigenvalue weighted by Gasteiger charge is -2.28. The molecule has 1 saturated heterocycles. The maximum absolute atomic E-state index is 5.33. The average molecular weight is 365 g/mol. The van der Waals surface area contributed by atoms with Crippen molar-refractivity contribution in [3.63, 3.8) is 0 Å². The molecule has 0 amide bonds. The number of aromatic nitrogens is 7. The van der Waals surface area contributed by atoms with Gasteiger partial charge in [-0.3, -0.25) is 9.78 Å². The first kappa shape index (κ1) is 15.9. The molecular weight excluding hydrogens is 346 g/mol. The number of hydrogen-bond acceptors (Lipinski definition) is 8. The Morgan fingerprint density at radius 3 is 2.93 bits per heavy atom. The lowest BCUT2D eigenvalue weighted by atomic mass is 10.1. The molecule has 1 aliphatic heterocycles. The van der Waals surface area contributed by atoms with Gasteiger partial charge in [-0.25, -0.2) is 15.0 Å². The zero-order chi connectivity index (χ0) is 18.2. The van der Waals surface area contributed by atoms with E-state index in [0.717, 1.165) is 37.1 Å². The van der Waals surface area contributed by atoms with Crippen molar-refractivity contribution >= 4 is 22.5 Å². The van der Waals surface area contributed by atoms with Crippen LogP contribution in [0.4, 0.5) is 11.5 Å². The molecule has 0 unspecified atom stereocenters. The number of H-pyrrole nitrogens is 1. The number of nitrogens with zero attached hydrogens (tertiary/aromatic N) is 7. The van der Waals surface area contributed by atoms with E-state index in [9.17, 15) is 0 Å². The van der Waals surface area contributed by atoms with Crippen LogP contribution in [0.5, 0.6) is 0 Å². The molecular formula is C17H19N9O. The maximum atomic E-state index is 5.33. The molecule has 138 valence electrons. The van der Waals surface area contributed by atoms with E-state index >= 15 is 0 Å². The predicted octanol–water partition coefficient (Wildman–Crippen LogP) is 2.21. The van der Waals surface area contributed by atoms with Crippen molar-refractivity contribution in [2.75, 3.05) is 25.5 Å². The summed E-state index contributed by atoms with van der Waals surface area (Å²) in [4.78, 5) is 15.5. The molecule has 2 N–H and O–H groups in total. The molecule has 0 bridgehead atoms. The van der Waals surface area contributed by atoms with Crippen molar-refractivity contribution < 1.29 is 4.42 Å². The van der Waals surface area contributed by atoms with Gasteiger partial charge >= 0.3 is 0 Å². The molecule has 4 aromatic rings. The second-order valence-electron chi connectivity index (χ2n) is 6.73. The van der Waals surface area contributed by atoms with Crippen LogP contribution in [0.25, 0.3) is 22.7 Å². The molecule has 4 aromatic heterocycles. The Morgan fingerprint density at radius 2 is 2.11 bits per heavy atom. The Kier molecular flexibility index (Phi) is 3.82. The second kappa shape index (κ2) is 6.47. The van der Waals surface area contributed by atoms with E-state index in [0.29, 0.717) is 29.1 Å². The van der Waals surface area contributed by atoms with E-state index < -0.39 is 0 Å². The first-order valence-electron chi connectivity index (χ1n) is 8.87. The van der Waals surface area contributed by atoms with Crippen LogP contribution < -0.4 is 5.32 Å². The second-order valence-corrected chi connectivity index (χ2v) is 6.73. The standard InChI is InChI=1S/C17H19N9O/c1-25-5-2-12(3-6-25)26-10-11(8-20-26)21-15-14-13(9-19-24-14)22-16(23-15)17-18-4-7-27-17/h4,7-10,12H,2-3,5-6H2,1H3,(H,19,24)(H,21,22,23). The smallest absolute Gasteiger partial charge is 0.264 e. The van der Waals surface area contributed by atoms with Crippen LogP contribution in [0.15, 0.2) is 35.5 Å². The summed E-state index contributed by atoms with van der Waals surface area (Å²) in [6.45, 7) is 2.18. The normalized spacial score (nSPS) is 16.2. The third-order valence-corrected chi connectivity index (χ3v) is 4.85. The fraction of sp³-hybridized carbons (Fsp3) is 0.353. The Bertz CT molecular complexity index is 1040. The van der Waals surface area contributed by atoms with Crippen LogP contribution in [0.3, 0.4) is 0 Å². The van der Waals surface area contributed by atoms with Gasteiger partial charge in [0.05, 0.1) is 30.3 Å². The summed E-state index contributed by atoms with van der Waals surface area (Å²) in [6, 6.07) is 0.428. The number of aromatic amines is 1. The molecule has 0 saturated carbocycles. The Labute approximate surface area is 154 Å². The summed E-state index contributed by atoms with van der Waals surface area (Å²) >= 11 is 0. The van der Waals surface area contributed by atoms with Gasteiger partial charge in [-0.15, -0.1) is 0 Å². The molecule has 10 heteroatoms. The van der Waals surface area contributed by atoms with Crippen molar-refractivity contribution in [1.82, 2.24) is 39.8 Å². The Balaban J connectivity index is 1.44. The lowest BCUT2D eigenvalue weighted by Crippen LogP contribution is -2.31. The molecule has 5 heterocycles. The maximum Gasteiger partial charge on any atom is 0.264 e. The van der Waals surface area contributed by atoms with Crippen LogP contribution in [-0.4, -0.2) is 60.0 Å². The number of piperidine rings is 1. The number of hydrogen-bond donors (Lipinski definition) is 2. The van der Waals surface area contributed by atoms with E-state index in [-0.39, 0.29) is 0 Å². The van der Waals surface area contributed by atoms with Crippen LogP contribution in [-0.2, 0) is 0 Å². The first-order chi connectivity index (χ1) is 13.3. The largest absolute Gasteiger partial charge is 0.442 e. The molecule has 0 aliphatic carbocycles. The van der Waals surface area contributed by atoms with Gasteiger partial charge in [0.1, 0.15) is 17.3 Å². The molecule has 1 aliphatic rings. The average Bonchev–Trinajstić information content (AvgIpc) is 3.43. The van der Waals surface area contributed by atoms with Crippen molar-refractivity contribution in [2.45, 2.75) is 18.9 Å². The SMILES string of the molecule is CN1CCC(n2cc(Nc3nc(-c4ncco4)nc4cn[nH]c34)cn2)CC1. The van der Waals surface area contributed by atoms with Gasteiger partial charge in [0.2, 0.25) is 5.82 Å². The number of oxazole rings is 1. The molecule has 10 nitrogen and oxygen atoms in total. The van der Waals surface area contributed by atoms with Crippen molar-refractivity contribution in [1.29, 1.82) is 0 Å². The minimum atomic E-state index is 0.364. The third kappa shape index (κ3) is 3.04. The van der Waals surface area contributed by atoms with Crippen LogP contribution in [0, 0.1) is 0 Å². The highest BCUT2D eigenvalue weighted by molar-refractivity contribution is 5.87. The van der Waals surface area contributed by atoms with E-state index in [4.69, 9.17) is 4.42 Å². The van der Waals surface area contributed by atoms with Gasteiger partial charge in [0.15, 0.2) is 5.82 Å². The zero-order valence-corrected chi connectivity index (χ0v) is 14.8. The highest BCUT2D eigenvalue weighted by Crippen LogP contribution is 2.27. The topological polar surface area (TPSA) is 114 Å². The van der Waals surface area contributed by atoms with E-state index in [1.165, 1.54) is 6.26 Å². The molecule has 27 heavy (non-hydrogen) atoms. The Morgan fingerprint density at radius 1 is 1.22 bits per heavy atom. The molecule has 0 atom stereocenters. The third-order valence-electron chi connectivity index (χ3n) is 4.85.